The van der Waals surface area contributed by atoms with Gasteiger partial charge < -0.3 is 9.80 Å². The van der Waals surface area contributed by atoms with Gasteiger partial charge in [0.05, 0.1) is 6.04 Å². The predicted molar refractivity (Wildman–Crippen MR) is 81.3 cm³/mol. The number of hydrogen-bond acceptors (Lipinski definition) is 4. The molecule has 1 amide bonds. The molecule has 0 aliphatic carbocycles. The summed E-state index contributed by atoms with van der Waals surface area (Å²) in [5, 5.41) is 3.00. The fourth-order valence-corrected chi connectivity index (χ4v) is 3.23. The number of amides is 1. The van der Waals surface area contributed by atoms with Crippen LogP contribution in [0.25, 0.3) is 0 Å². The molecule has 3 rings (SSSR count). The van der Waals surface area contributed by atoms with Gasteiger partial charge in [-0.25, -0.2) is 4.98 Å². The number of anilines is 1. The van der Waals surface area contributed by atoms with Gasteiger partial charge in [0.1, 0.15) is 0 Å². The van der Waals surface area contributed by atoms with E-state index in [0.717, 1.165) is 30.2 Å². The summed E-state index contributed by atoms with van der Waals surface area (Å²) in [4.78, 5) is 20.8. The summed E-state index contributed by atoms with van der Waals surface area (Å²) in [6.07, 6.45) is 2.81. The first kappa shape index (κ1) is 13.1. The first-order valence-corrected chi connectivity index (χ1v) is 7.60. The average Bonchev–Trinajstić information content (AvgIpc) is 3.18. The molecular weight excluding hydrogens is 270 g/mol. The van der Waals surface area contributed by atoms with E-state index in [-0.39, 0.29) is 5.91 Å². The largest absolute Gasteiger partial charge is 0.346 e. The fourth-order valence-electron chi connectivity index (χ4n) is 2.55. The zero-order valence-electron chi connectivity index (χ0n) is 11.4. The quantitative estimate of drug-likeness (QED) is 0.870. The van der Waals surface area contributed by atoms with Crippen molar-refractivity contribution >= 4 is 22.4 Å². The van der Waals surface area contributed by atoms with E-state index >= 15 is 0 Å². The number of likely N-dealkylation sites (N-methyl/N-ethyl adjacent to an activating group) is 1. The monoisotopic (exact) mass is 287 g/mol. The van der Waals surface area contributed by atoms with Gasteiger partial charge in [-0.15, -0.1) is 11.3 Å². The second-order valence-electron chi connectivity index (χ2n) is 4.99. The first-order chi connectivity index (χ1) is 9.75. The zero-order chi connectivity index (χ0) is 13.9. The van der Waals surface area contributed by atoms with Crippen LogP contribution in [-0.2, 0) is 0 Å². The van der Waals surface area contributed by atoms with Gasteiger partial charge in [-0.3, -0.25) is 4.79 Å². The smallest absolute Gasteiger partial charge is 0.253 e. The molecule has 1 atom stereocenters. The van der Waals surface area contributed by atoms with E-state index in [2.05, 4.69) is 16.9 Å². The van der Waals surface area contributed by atoms with Crippen molar-refractivity contribution in [2.24, 2.45) is 0 Å². The molecule has 20 heavy (non-hydrogen) atoms. The summed E-state index contributed by atoms with van der Waals surface area (Å²) in [5.41, 5.74) is 0.769. The van der Waals surface area contributed by atoms with Gasteiger partial charge in [-0.2, -0.15) is 0 Å². The van der Waals surface area contributed by atoms with Crippen LogP contribution in [-0.4, -0.2) is 42.0 Å². The van der Waals surface area contributed by atoms with Crippen LogP contribution < -0.4 is 4.90 Å². The summed E-state index contributed by atoms with van der Waals surface area (Å²) in [7, 11) is 2.06. The molecule has 1 saturated heterocycles. The maximum absolute atomic E-state index is 12.4. The third kappa shape index (κ3) is 2.54. The van der Waals surface area contributed by atoms with Crippen molar-refractivity contribution in [1.29, 1.82) is 0 Å². The summed E-state index contributed by atoms with van der Waals surface area (Å²) in [6, 6.07) is 9.85. The molecule has 1 aliphatic rings. The molecule has 1 aromatic carbocycles. The third-order valence-corrected chi connectivity index (χ3v) is 4.60. The molecule has 1 fully saturated rings. The number of benzene rings is 1. The minimum absolute atomic E-state index is 0.126. The Morgan fingerprint density at radius 2 is 2.20 bits per heavy atom. The lowest BCUT2D eigenvalue weighted by molar-refractivity contribution is 0.0791. The maximum Gasteiger partial charge on any atom is 0.253 e. The minimum atomic E-state index is 0.126. The van der Waals surface area contributed by atoms with Crippen molar-refractivity contribution in [2.75, 3.05) is 25.0 Å². The highest BCUT2D eigenvalue weighted by molar-refractivity contribution is 7.13. The molecular formula is C15H17N3OS. The van der Waals surface area contributed by atoms with Crippen LogP contribution in [0.15, 0.2) is 41.9 Å². The average molecular weight is 287 g/mol. The Kier molecular flexibility index (Phi) is 3.69. The number of thiazole rings is 1. The molecule has 0 N–H and O–H groups in total. The molecule has 5 heteroatoms. The van der Waals surface area contributed by atoms with Crippen molar-refractivity contribution in [3.8, 4) is 0 Å². The Morgan fingerprint density at radius 3 is 2.90 bits per heavy atom. The van der Waals surface area contributed by atoms with E-state index in [0.29, 0.717) is 6.04 Å². The lowest BCUT2D eigenvalue weighted by Crippen LogP contribution is -2.36. The fraction of sp³-hybridized carbons (Fsp3) is 0.333. The molecule has 1 aromatic heterocycles. The number of carbonyl (C=O) groups excluding carboxylic acids is 1. The third-order valence-electron chi connectivity index (χ3n) is 3.74. The van der Waals surface area contributed by atoms with Crippen LogP contribution >= 0.6 is 11.3 Å². The lowest BCUT2D eigenvalue weighted by Gasteiger charge is -2.24. The molecule has 0 radical (unpaired) electrons. The lowest BCUT2D eigenvalue weighted by atomic mass is 10.2. The van der Waals surface area contributed by atoms with E-state index in [4.69, 9.17) is 0 Å². The summed E-state index contributed by atoms with van der Waals surface area (Å²) < 4.78 is 0. The van der Waals surface area contributed by atoms with Gasteiger partial charge in [0.2, 0.25) is 0 Å². The Morgan fingerprint density at radius 1 is 1.40 bits per heavy atom. The molecule has 2 aromatic rings. The predicted octanol–water partition coefficient (Wildman–Crippen LogP) is 2.49. The van der Waals surface area contributed by atoms with Gasteiger partial charge in [0.15, 0.2) is 5.13 Å². The number of hydrogen-bond donors (Lipinski definition) is 0. The van der Waals surface area contributed by atoms with E-state index < -0.39 is 0 Å². The second kappa shape index (κ2) is 5.63. The molecule has 1 aliphatic heterocycles. The molecule has 2 heterocycles. The van der Waals surface area contributed by atoms with Crippen LogP contribution in [0.2, 0.25) is 0 Å². The van der Waals surface area contributed by atoms with Crippen molar-refractivity contribution < 1.29 is 4.79 Å². The highest BCUT2D eigenvalue weighted by atomic mass is 32.1. The van der Waals surface area contributed by atoms with E-state index in [1.807, 2.05) is 46.8 Å². The molecule has 0 saturated carbocycles. The van der Waals surface area contributed by atoms with Crippen molar-refractivity contribution in [3.05, 3.63) is 47.5 Å². The maximum atomic E-state index is 12.4. The number of nitrogens with zero attached hydrogens (tertiary/aromatic N) is 3. The van der Waals surface area contributed by atoms with Gasteiger partial charge in [-0.1, -0.05) is 18.2 Å². The Bertz CT molecular complexity index is 570. The Labute approximate surface area is 122 Å². The molecule has 0 bridgehead atoms. The summed E-state index contributed by atoms with van der Waals surface area (Å²) in [6.45, 7) is 1.58. The van der Waals surface area contributed by atoms with Gasteiger partial charge in [0, 0.05) is 37.3 Å². The second-order valence-corrected chi connectivity index (χ2v) is 5.86. The highest BCUT2D eigenvalue weighted by Gasteiger charge is 2.30. The number of rotatable bonds is 3. The number of aromatic nitrogens is 1. The normalized spacial score (nSPS) is 18.2. The van der Waals surface area contributed by atoms with E-state index in [9.17, 15) is 4.79 Å². The molecule has 0 spiro atoms. The van der Waals surface area contributed by atoms with Gasteiger partial charge in [-0.05, 0) is 18.6 Å². The molecule has 104 valence electrons. The summed E-state index contributed by atoms with van der Waals surface area (Å²) >= 11 is 1.64. The minimum Gasteiger partial charge on any atom is -0.346 e. The van der Waals surface area contributed by atoms with Crippen LogP contribution in [0.5, 0.6) is 0 Å². The Hall–Kier alpha value is -1.88. The van der Waals surface area contributed by atoms with Gasteiger partial charge >= 0.3 is 0 Å². The number of likely N-dealkylation sites (tertiary alicyclic amines) is 1. The standard InChI is InChI=1S/C15H17N3OS/c1-17(15-16-8-10-20-15)13-7-9-18(11-13)14(19)12-5-3-2-4-6-12/h2-6,8,10,13H,7,9,11H2,1H3. The van der Waals surface area contributed by atoms with Crippen molar-refractivity contribution in [3.63, 3.8) is 0 Å². The first-order valence-electron chi connectivity index (χ1n) is 6.72. The SMILES string of the molecule is CN(c1nccs1)C1CCN(C(=O)c2ccccc2)C1. The van der Waals surface area contributed by atoms with Crippen molar-refractivity contribution in [2.45, 2.75) is 12.5 Å². The summed E-state index contributed by atoms with van der Waals surface area (Å²) in [5.74, 6) is 0.126. The topological polar surface area (TPSA) is 36.4 Å². The Balaban J connectivity index is 1.66. The number of carbonyl (C=O) groups is 1. The molecule has 1 unspecified atom stereocenters. The van der Waals surface area contributed by atoms with Crippen LogP contribution in [0.3, 0.4) is 0 Å². The molecule has 4 nitrogen and oxygen atoms in total. The van der Waals surface area contributed by atoms with Crippen molar-refractivity contribution in [1.82, 2.24) is 9.88 Å². The van der Waals surface area contributed by atoms with E-state index in [1.54, 1.807) is 11.3 Å². The van der Waals surface area contributed by atoms with Crippen LogP contribution in [0.1, 0.15) is 16.8 Å². The van der Waals surface area contributed by atoms with Gasteiger partial charge in [0.25, 0.3) is 5.91 Å². The van der Waals surface area contributed by atoms with E-state index in [1.165, 1.54) is 0 Å². The zero-order valence-corrected chi connectivity index (χ0v) is 12.2. The van der Waals surface area contributed by atoms with Crippen LogP contribution in [0, 0.1) is 0 Å². The highest BCUT2D eigenvalue weighted by Crippen LogP contribution is 2.24. The van der Waals surface area contributed by atoms with Crippen LogP contribution in [0.4, 0.5) is 5.13 Å².